The molecule has 0 spiro atoms. The Labute approximate surface area is 212 Å². The van der Waals surface area contributed by atoms with E-state index in [1.54, 1.807) is 22.1 Å². The van der Waals surface area contributed by atoms with Gasteiger partial charge in [-0.1, -0.05) is 6.58 Å². The predicted molar refractivity (Wildman–Crippen MR) is 132 cm³/mol. The lowest BCUT2D eigenvalue weighted by Gasteiger charge is -2.45. The highest BCUT2D eigenvalue weighted by molar-refractivity contribution is 5.94. The summed E-state index contributed by atoms with van der Waals surface area (Å²) in [4.78, 5) is 48.6. The lowest BCUT2D eigenvalue weighted by Crippen LogP contribution is -2.58. The molecule has 194 valence electrons. The van der Waals surface area contributed by atoms with Crippen LogP contribution in [0.5, 0.6) is 11.6 Å². The Morgan fingerprint density at radius 2 is 2.03 bits per heavy atom. The van der Waals surface area contributed by atoms with Gasteiger partial charge in [0.15, 0.2) is 0 Å². The lowest BCUT2D eigenvalue weighted by atomic mass is 9.82. The molecule has 1 saturated heterocycles. The molecule has 1 aliphatic heterocycles. The number of piperidine rings is 1. The van der Waals surface area contributed by atoms with Crippen molar-refractivity contribution in [2.45, 2.75) is 69.5 Å². The Bertz CT molecular complexity index is 1050. The van der Waals surface area contributed by atoms with Gasteiger partial charge in [-0.15, -0.1) is 0 Å². The number of carbonyl (C=O) groups excluding carboxylic acids is 3. The van der Waals surface area contributed by atoms with Crippen LogP contribution in [0.15, 0.2) is 24.9 Å². The Morgan fingerprint density at radius 3 is 2.58 bits per heavy atom. The van der Waals surface area contributed by atoms with E-state index in [0.717, 1.165) is 44.9 Å². The van der Waals surface area contributed by atoms with Crippen LogP contribution in [0.1, 0.15) is 63.0 Å². The van der Waals surface area contributed by atoms with E-state index in [1.165, 1.54) is 20.3 Å². The molecular weight excluding hydrogens is 460 g/mol. The zero-order chi connectivity index (χ0) is 25.4. The fraction of sp³-hybridized carbons (Fsp3) is 0.630. The van der Waals surface area contributed by atoms with Crippen molar-refractivity contribution >= 4 is 17.7 Å². The van der Waals surface area contributed by atoms with Crippen molar-refractivity contribution in [1.29, 1.82) is 0 Å². The molecule has 4 unspecified atom stereocenters. The third-order valence-electron chi connectivity index (χ3n) is 8.68. The number of ether oxygens (including phenoxy) is 2. The van der Waals surface area contributed by atoms with Gasteiger partial charge >= 0.3 is 0 Å². The van der Waals surface area contributed by atoms with Crippen LogP contribution in [0, 0.1) is 11.3 Å². The number of aromatic nitrogens is 1. The number of nitrogens with zero attached hydrogens (tertiary/aromatic N) is 3. The zero-order valence-electron chi connectivity index (χ0n) is 21.2. The molecule has 2 heterocycles. The Balaban J connectivity index is 1.57. The van der Waals surface area contributed by atoms with Crippen LogP contribution in [-0.2, 0) is 14.4 Å². The predicted octanol–water partition coefficient (Wildman–Crippen LogP) is 2.61. The summed E-state index contributed by atoms with van der Waals surface area (Å²) in [6, 6.07) is 0.550. The van der Waals surface area contributed by atoms with Crippen molar-refractivity contribution in [3.8, 4) is 11.6 Å². The van der Waals surface area contributed by atoms with E-state index in [2.05, 4.69) is 16.9 Å². The van der Waals surface area contributed by atoms with Crippen LogP contribution < -0.4 is 14.8 Å². The van der Waals surface area contributed by atoms with E-state index in [9.17, 15) is 14.4 Å². The average Bonchev–Trinajstić information content (AvgIpc) is 3.43. The minimum absolute atomic E-state index is 0.0169. The van der Waals surface area contributed by atoms with Gasteiger partial charge in [-0.2, -0.15) is 0 Å². The highest BCUT2D eigenvalue weighted by atomic mass is 16.5. The third kappa shape index (κ3) is 4.22. The molecule has 0 radical (unpaired) electrons. The van der Waals surface area contributed by atoms with Gasteiger partial charge in [-0.25, -0.2) is 4.98 Å². The van der Waals surface area contributed by atoms with E-state index >= 15 is 0 Å². The number of rotatable bonds is 9. The van der Waals surface area contributed by atoms with E-state index < -0.39 is 6.04 Å². The second-order valence-electron chi connectivity index (χ2n) is 10.6. The number of nitrogens with one attached hydrogen (secondary N) is 1. The molecule has 4 atom stereocenters. The summed E-state index contributed by atoms with van der Waals surface area (Å²) < 4.78 is 11.0. The lowest BCUT2D eigenvalue weighted by molar-refractivity contribution is -0.153. The summed E-state index contributed by atoms with van der Waals surface area (Å²) in [7, 11) is 3.06. The smallest absolute Gasteiger partial charge is 0.247 e. The van der Waals surface area contributed by atoms with Crippen LogP contribution >= 0.6 is 0 Å². The molecule has 9 nitrogen and oxygen atoms in total. The van der Waals surface area contributed by atoms with Gasteiger partial charge in [0.1, 0.15) is 11.8 Å². The summed E-state index contributed by atoms with van der Waals surface area (Å²) >= 11 is 0. The minimum atomic E-state index is -0.911. The standard InChI is InChI=1S/C27H36N4O5/c1-4-23(32)30-12-6-9-19(16-30)31(26(34)27-11-10-17(27)14-27)24(25(33)29-18-7-5-8-18)20-15-28-22(36-3)13-21(20)35-2/h4,13,15,17-19,24H,1,5-12,14,16H2,2-3H3,(H,29,33). The van der Waals surface area contributed by atoms with Gasteiger partial charge in [0.25, 0.3) is 0 Å². The van der Waals surface area contributed by atoms with Crippen molar-refractivity contribution in [2.75, 3.05) is 27.3 Å². The van der Waals surface area contributed by atoms with Crippen molar-refractivity contribution in [2.24, 2.45) is 11.3 Å². The van der Waals surface area contributed by atoms with Gasteiger partial charge < -0.3 is 24.6 Å². The topological polar surface area (TPSA) is 101 Å². The van der Waals surface area contributed by atoms with Crippen LogP contribution in [0.3, 0.4) is 0 Å². The molecule has 1 aromatic heterocycles. The molecule has 4 aliphatic rings. The second kappa shape index (κ2) is 9.75. The Kier molecular flexibility index (Phi) is 6.66. The van der Waals surface area contributed by atoms with E-state index in [-0.39, 0.29) is 35.2 Å². The molecule has 3 saturated carbocycles. The number of likely N-dealkylation sites (tertiary alicyclic amines) is 1. The largest absolute Gasteiger partial charge is 0.496 e. The van der Waals surface area contributed by atoms with Crippen molar-refractivity contribution < 1.29 is 23.9 Å². The van der Waals surface area contributed by atoms with Crippen molar-refractivity contribution in [3.63, 3.8) is 0 Å². The Morgan fingerprint density at radius 1 is 1.22 bits per heavy atom. The quantitative estimate of drug-likeness (QED) is 0.528. The van der Waals surface area contributed by atoms with Gasteiger partial charge in [-0.05, 0) is 63.4 Å². The first kappa shape index (κ1) is 24.6. The second-order valence-corrected chi connectivity index (χ2v) is 10.6. The average molecular weight is 497 g/mol. The normalized spacial score (nSPS) is 27.4. The minimum Gasteiger partial charge on any atom is -0.496 e. The maximum atomic E-state index is 14.3. The van der Waals surface area contributed by atoms with Crippen LogP contribution in [-0.4, -0.2) is 71.9 Å². The van der Waals surface area contributed by atoms with Gasteiger partial charge in [0.05, 0.1) is 25.7 Å². The first-order chi connectivity index (χ1) is 17.4. The first-order valence-corrected chi connectivity index (χ1v) is 13.0. The SMILES string of the molecule is C=CC(=O)N1CCCC(N(C(=O)C23CCC2C3)C(C(=O)NC2CCC2)c2cnc(OC)cc2OC)C1. The fourth-order valence-corrected chi connectivity index (χ4v) is 6.09. The summed E-state index contributed by atoms with van der Waals surface area (Å²) in [6.07, 6.45) is 10.1. The molecule has 0 bridgehead atoms. The number of amides is 3. The van der Waals surface area contributed by atoms with Gasteiger partial charge in [-0.3, -0.25) is 14.4 Å². The van der Waals surface area contributed by atoms with E-state index in [4.69, 9.17) is 9.47 Å². The third-order valence-corrected chi connectivity index (χ3v) is 8.68. The zero-order valence-corrected chi connectivity index (χ0v) is 21.2. The fourth-order valence-electron chi connectivity index (χ4n) is 6.09. The highest BCUT2D eigenvalue weighted by Crippen LogP contribution is 2.68. The van der Waals surface area contributed by atoms with Gasteiger partial charge in [0.2, 0.25) is 23.6 Å². The highest BCUT2D eigenvalue weighted by Gasteiger charge is 2.68. The molecule has 3 amide bonds. The van der Waals surface area contributed by atoms with Crippen LogP contribution in [0.4, 0.5) is 0 Å². The van der Waals surface area contributed by atoms with Gasteiger partial charge in [0, 0.05) is 37.0 Å². The maximum Gasteiger partial charge on any atom is 0.247 e. The van der Waals surface area contributed by atoms with Crippen molar-refractivity contribution in [3.05, 3.63) is 30.5 Å². The molecule has 0 aromatic carbocycles. The Hall–Kier alpha value is -3.10. The van der Waals surface area contributed by atoms with E-state index in [1.807, 2.05) is 0 Å². The first-order valence-electron chi connectivity index (χ1n) is 13.0. The molecule has 4 fully saturated rings. The van der Waals surface area contributed by atoms with E-state index in [0.29, 0.717) is 42.6 Å². The molecular formula is C27H36N4O5. The summed E-state index contributed by atoms with van der Waals surface area (Å²) in [5.41, 5.74) is 0.163. The molecule has 5 rings (SSSR count). The van der Waals surface area contributed by atoms with Crippen LogP contribution in [0.25, 0.3) is 0 Å². The summed E-state index contributed by atoms with van der Waals surface area (Å²) in [5, 5.41) is 3.17. The summed E-state index contributed by atoms with van der Waals surface area (Å²) in [5.74, 6) is 0.848. The number of pyridine rings is 1. The molecule has 1 N–H and O–H groups in total. The number of hydrogen-bond donors (Lipinski definition) is 1. The number of hydrogen-bond acceptors (Lipinski definition) is 6. The number of methoxy groups -OCH3 is 2. The molecule has 3 aliphatic carbocycles. The monoisotopic (exact) mass is 496 g/mol. The molecule has 1 aromatic rings. The number of fused-ring (bicyclic) bond motifs is 1. The van der Waals surface area contributed by atoms with Crippen LogP contribution in [0.2, 0.25) is 0 Å². The molecule has 9 heteroatoms. The van der Waals surface area contributed by atoms with Crippen molar-refractivity contribution in [1.82, 2.24) is 20.1 Å². The maximum absolute atomic E-state index is 14.3. The summed E-state index contributed by atoms with van der Waals surface area (Å²) in [6.45, 7) is 4.62. The number of carbonyl (C=O) groups is 3. The molecule has 36 heavy (non-hydrogen) atoms.